The summed E-state index contributed by atoms with van der Waals surface area (Å²) in [7, 11) is 0. The summed E-state index contributed by atoms with van der Waals surface area (Å²) in [5.41, 5.74) is 2.09. The summed E-state index contributed by atoms with van der Waals surface area (Å²) >= 11 is 0. The van der Waals surface area contributed by atoms with Crippen molar-refractivity contribution in [2.75, 3.05) is 13.2 Å². The number of hydrogen-bond acceptors (Lipinski definition) is 5. The Hall–Kier alpha value is -2.27. The first kappa shape index (κ1) is 29.0. The van der Waals surface area contributed by atoms with E-state index in [0.29, 0.717) is 24.8 Å². The van der Waals surface area contributed by atoms with Gasteiger partial charge in [-0.2, -0.15) is 0 Å². The highest BCUT2D eigenvalue weighted by atomic mass is 16.5. The van der Waals surface area contributed by atoms with Crippen molar-refractivity contribution in [2.24, 2.45) is 5.92 Å². The van der Waals surface area contributed by atoms with Gasteiger partial charge in [-0.1, -0.05) is 78.1 Å². The maximum Gasteiger partial charge on any atom is 0.316 e. The quantitative estimate of drug-likeness (QED) is 0.115. The monoisotopic (exact) mass is 482 g/mol. The van der Waals surface area contributed by atoms with Gasteiger partial charge in [0.2, 0.25) is 0 Å². The van der Waals surface area contributed by atoms with E-state index in [-0.39, 0.29) is 11.9 Å². The summed E-state index contributed by atoms with van der Waals surface area (Å²) in [6.45, 7) is 7.40. The van der Waals surface area contributed by atoms with E-state index < -0.39 is 0 Å². The van der Waals surface area contributed by atoms with Crippen molar-refractivity contribution in [3.05, 3.63) is 42.2 Å². The van der Waals surface area contributed by atoms with E-state index in [1.54, 1.807) is 12.1 Å². The molecule has 0 spiro atoms. The second kappa shape index (κ2) is 18.1. The summed E-state index contributed by atoms with van der Waals surface area (Å²) in [6, 6.07) is 7.38. The van der Waals surface area contributed by atoms with Crippen LogP contribution in [0.5, 0.6) is 5.75 Å². The smallest absolute Gasteiger partial charge is 0.316 e. The minimum absolute atomic E-state index is 0.269. The number of aromatic nitrogens is 2. The zero-order chi connectivity index (χ0) is 25.1. The normalized spacial score (nSPS) is 12.0. The van der Waals surface area contributed by atoms with Crippen molar-refractivity contribution in [2.45, 2.75) is 104 Å². The Bertz CT molecular complexity index is 805. The second-order valence-electron chi connectivity index (χ2n) is 9.62. The summed E-state index contributed by atoms with van der Waals surface area (Å²) in [6.07, 6.45) is 20.0. The van der Waals surface area contributed by atoms with E-state index in [9.17, 15) is 4.79 Å². The Morgan fingerprint density at radius 2 is 1.37 bits per heavy atom. The van der Waals surface area contributed by atoms with Crippen LogP contribution < -0.4 is 4.74 Å². The van der Waals surface area contributed by atoms with Crippen molar-refractivity contribution in [3.8, 4) is 17.1 Å². The third-order valence-corrected chi connectivity index (χ3v) is 6.27. The number of benzene rings is 1. The van der Waals surface area contributed by atoms with Crippen LogP contribution in [0.2, 0.25) is 0 Å². The van der Waals surface area contributed by atoms with Gasteiger partial charge in [0, 0.05) is 24.6 Å². The second-order valence-corrected chi connectivity index (χ2v) is 9.62. The lowest BCUT2D eigenvalue weighted by atomic mass is 10.1. The number of rotatable bonds is 19. The minimum atomic E-state index is -0.294. The summed E-state index contributed by atoms with van der Waals surface area (Å²) in [5.74, 6) is 0.653. The zero-order valence-electron chi connectivity index (χ0n) is 22.3. The van der Waals surface area contributed by atoms with Crippen molar-refractivity contribution >= 4 is 5.97 Å². The molecule has 0 fully saturated rings. The minimum Gasteiger partial charge on any atom is -0.426 e. The lowest BCUT2D eigenvalue weighted by molar-refractivity contribution is -0.140. The van der Waals surface area contributed by atoms with Crippen molar-refractivity contribution < 1.29 is 14.3 Å². The molecule has 2 aromatic rings. The fourth-order valence-electron chi connectivity index (χ4n) is 3.94. The number of aryl methyl sites for hydroxylation is 1. The van der Waals surface area contributed by atoms with Crippen molar-refractivity contribution in [1.29, 1.82) is 0 Å². The topological polar surface area (TPSA) is 61.3 Å². The molecule has 1 aromatic carbocycles. The van der Waals surface area contributed by atoms with E-state index in [1.807, 2.05) is 31.5 Å². The predicted octanol–water partition coefficient (Wildman–Crippen LogP) is 7.97. The van der Waals surface area contributed by atoms with Crippen LogP contribution in [0.3, 0.4) is 0 Å². The molecule has 0 saturated heterocycles. The highest BCUT2D eigenvalue weighted by Crippen LogP contribution is 2.20. The first-order valence-electron chi connectivity index (χ1n) is 13.8. The van der Waals surface area contributed by atoms with Gasteiger partial charge in [-0.3, -0.25) is 4.79 Å². The molecule has 0 radical (unpaired) electrons. The summed E-state index contributed by atoms with van der Waals surface area (Å²) in [5, 5.41) is 0. The van der Waals surface area contributed by atoms with Gasteiger partial charge in [-0.05, 0) is 56.0 Å². The van der Waals surface area contributed by atoms with E-state index in [0.717, 1.165) is 18.4 Å². The summed E-state index contributed by atoms with van der Waals surface area (Å²) in [4.78, 5) is 21.4. The third-order valence-electron chi connectivity index (χ3n) is 6.27. The van der Waals surface area contributed by atoms with Gasteiger partial charge in [-0.15, -0.1) is 0 Å². The molecule has 1 atom stereocenters. The molecule has 0 saturated carbocycles. The van der Waals surface area contributed by atoms with Crippen molar-refractivity contribution in [1.82, 2.24) is 9.97 Å². The molecule has 0 amide bonds. The molecule has 1 aromatic heterocycles. The Morgan fingerprint density at radius 1 is 0.800 bits per heavy atom. The number of carbonyl (C=O) groups excluding carboxylic acids is 1. The SMILES string of the molecule is CCCCCCCCCc1cnc(-c2ccc(OC(=O)C(C)COCCCCCCC)cc2)nc1. The standard InChI is InChI=1S/C30H46N2O3/c1-4-6-8-10-11-12-14-16-26-22-31-29(32-23-26)27-17-19-28(20-18-27)35-30(33)25(3)24-34-21-15-13-9-7-5-2/h17-20,22-23,25H,4-16,21,24H2,1-3H3. The molecular formula is C30H46N2O3. The van der Waals surface area contributed by atoms with E-state index in [1.165, 1.54) is 76.2 Å². The fraction of sp³-hybridized carbons (Fsp3) is 0.633. The van der Waals surface area contributed by atoms with Crippen LogP contribution in [-0.2, 0) is 16.0 Å². The summed E-state index contributed by atoms with van der Waals surface area (Å²) < 4.78 is 11.2. The van der Waals surface area contributed by atoms with Gasteiger partial charge in [0.05, 0.1) is 12.5 Å². The largest absolute Gasteiger partial charge is 0.426 e. The third kappa shape index (κ3) is 12.3. The molecule has 0 aliphatic heterocycles. The highest BCUT2D eigenvalue weighted by Gasteiger charge is 2.16. The van der Waals surface area contributed by atoms with Crippen molar-refractivity contribution in [3.63, 3.8) is 0 Å². The van der Waals surface area contributed by atoms with E-state index in [4.69, 9.17) is 9.47 Å². The molecule has 194 valence electrons. The number of ether oxygens (including phenoxy) is 2. The number of carbonyl (C=O) groups is 1. The predicted molar refractivity (Wildman–Crippen MR) is 144 cm³/mol. The van der Waals surface area contributed by atoms with Crippen LogP contribution in [0, 0.1) is 5.92 Å². The zero-order valence-corrected chi connectivity index (χ0v) is 22.3. The van der Waals surface area contributed by atoms with Gasteiger partial charge < -0.3 is 9.47 Å². The maximum absolute atomic E-state index is 12.4. The Morgan fingerprint density at radius 3 is 2.00 bits per heavy atom. The van der Waals surface area contributed by atoms with Crippen LogP contribution in [0.25, 0.3) is 11.4 Å². The first-order chi connectivity index (χ1) is 17.1. The number of nitrogens with zero attached hydrogens (tertiary/aromatic N) is 2. The molecular weight excluding hydrogens is 436 g/mol. The number of esters is 1. The van der Waals surface area contributed by atoms with Crippen LogP contribution in [-0.4, -0.2) is 29.2 Å². The van der Waals surface area contributed by atoms with Gasteiger partial charge in [0.25, 0.3) is 0 Å². The number of unbranched alkanes of at least 4 members (excludes halogenated alkanes) is 10. The van der Waals surface area contributed by atoms with Crippen LogP contribution in [0.4, 0.5) is 0 Å². The molecule has 5 nitrogen and oxygen atoms in total. The molecule has 0 aliphatic rings. The molecule has 5 heteroatoms. The Kier molecular flexibility index (Phi) is 14.9. The maximum atomic E-state index is 12.4. The lowest BCUT2D eigenvalue weighted by Gasteiger charge is -2.12. The molecule has 1 unspecified atom stereocenters. The molecule has 35 heavy (non-hydrogen) atoms. The van der Waals surface area contributed by atoms with Crippen LogP contribution in [0.15, 0.2) is 36.7 Å². The molecule has 0 bridgehead atoms. The average molecular weight is 483 g/mol. The number of hydrogen-bond donors (Lipinski definition) is 0. The van der Waals surface area contributed by atoms with Gasteiger partial charge in [0.1, 0.15) is 5.75 Å². The van der Waals surface area contributed by atoms with Crippen LogP contribution in [0.1, 0.15) is 103 Å². The van der Waals surface area contributed by atoms with E-state index >= 15 is 0 Å². The van der Waals surface area contributed by atoms with Gasteiger partial charge in [0.15, 0.2) is 5.82 Å². The lowest BCUT2D eigenvalue weighted by Crippen LogP contribution is -2.22. The molecule has 0 N–H and O–H groups in total. The van der Waals surface area contributed by atoms with Gasteiger partial charge in [-0.25, -0.2) is 9.97 Å². The average Bonchev–Trinajstić information content (AvgIpc) is 2.88. The molecule has 1 heterocycles. The van der Waals surface area contributed by atoms with Crippen LogP contribution >= 0.6 is 0 Å². The Balaban J connectivity index is 1.69. The highest BCUT2D eigenvalue weighted by molar-refractivity contribution is 5.75. The molecule has 0 aliphatic carbocycles. The van der Waals surface area contributed by atoms with Gasteiger partial charge >= 0.3 is 5.97 Å². The molecule has 2 rings (SSSR count). The first-order valence-corrected chi connectivity index (χ1v) is 13.8. The fourth-order valence-corrected chi connectivity index (χ4v) is 3.94. The van der Waals surface area contributed by atoms with E-state index in [2.05, 4.69) is 23.8 Å². The Labute approximate surface area is 213 Å².